The van der Waals surface area contributed by atoms with E-state index < -0.39 is 6.04 Å². The van der Waals surface area contributed by atoms with Crippen LogP contribution in [0.5, 0.6) is 11.5 Å². The van der Waals surface area contributed by atoms with Crippen molar-refractivity contribution in [3.63, 3.8) is 0 Å². The van der Waals surface area contributed by atoms with Gasteiger partial charge < -0.3 is 18.9 Å². The maximum Gasteiger partial charge on any atom is 0.253 e. The number of hydrogen-bond donors (Lipinski definition) is 1. The number of benzene rings is 2. The highest BCUT2D eigenvalue weighted by Gasteiger charge is 2.33. The first kappa shape index (κ1) is 25.5. The summed E-state index contributed by atoms with van der Waals surface area (Å²) in [5, 5.41) is 13.8. The Hall–Kier alpha value is -4.48. The van der Waals surface area contributed by atoms with Crippen LogP contribution in [0.2, 0.25) is 0 Å². The van der Waals surface area contributed by atoms with Crippen molar-refractivity contribution >= 4 is 10.9 Å². The summed E-state index contributed by atoms with van der Waals surface area (Å²) in [6.07, 6.45) is 1.63. The van der Waals surface area contributed by atoms with Crippen molar-refractivity contribution < 1.29 is 13.9 Å². The van der Waals surface area contributed by atoms with Gasteiger partial charge >= 0.3 is 0 Å². The van der Waals surface area contributed by atoms with Crippen LogP contribution in [0.3, 0.4) is 0 Å². The maximum absolute atomic E-state index is 13.7. The van der Waals surface area contributed by atoms with E-state index in [0.717, 1.165) is 72.0 Å². The van der Waals surface area contributed by atoms with E-state index in [-0.39, 0.29) is 12.4 Å². The second kappa shape index (κ2) is 10.5. The zero-order valence-corrected chi connectivity index (χ0v) is 23.0. The molecule has 5 aromatic rings. The molecule has 3 aromatic heterocycles. The molecule has 0 saturated carbocycles. The SMILES string of the molecule is Cc1ccc(C)c2[nH]c(=O)c(C(c3nnnn3Cc3ccco3)N3CCN(Cc4ccc5c(c4)OCO5)CC3)cc12. The van der Waals surface area contributed by atoms with Crippen molar-refractivity contribution in [2.24, 2.45) is 0 Å². The van der Waals surface area contributed by atoms with Crippen LogP contribution in [0.4, 0.5) is 0 Å². The summed E-state index contributed by atoms with van der Waals surface area (Å²) in [6.45, 7) is 8.67. The summed E-state index contributed by atoms with van der Waals surface area (Å²) in [5.41, 5.74) is 4.67. The Morgan fingerprint density at radius 2 is 1.78 bits per heavy atom. The highest BCUT2D eigenvalue weighted by molar-refractivity contribution is 5.85. The average Bonchev–Trinajstić information content (AvgIpc) is 3.76. The van der Waals surface area contributed by atoms with E-state index in [0.29, 0.717) is 17.9 Å². The predicted molar refractivity (Wildman–Crippen MR) is 151 cm³/mol. The zero-order valence-electron chi connectivity index (χ0n) is 23.0. The number of nitrogens with zero attached hydrogens (tertiary/aromatic N) is 6. The quantitative estimate of drug-likeness (QED) is 0.324. The molecule has 1 unspecified atom stereocenters. The Balaban J connectivity index is 1.21. The molecule has 2 aromatic carbocycles. The highest BCUT2D eigenvalue weighted by atomic mass is 16.7. The average molecular weight is 554 g/mol. The Morgan fingerprint density at radius 3 is 2.61 bits per heavy atom. The molecule has 210 valence electrons. The van der Waals surface area contributed by atoms with Gasteiger partial charge in [0, 0.05) is 43.7 Å². The number of aromatic nitrogens is 5. The van der Waals surface area contributed by atoms with Gasteiger partial charge in [-0.1, -0.05) is 18.2 Å². The fourth-order valence-corrected chi connectivity index (χ4v) is 5.84. The number of pyridine rings is 1. The minimum absolute atomic E-state index is 0.133. The van der Waals surface area contributed by atoms with Gasteiger partial charge in [0.1, 0.15) is 18.3 Å². The Bertz CT molecular complexity index is 1750. The molecule has 1 saturated heterocycles. The fraction of sp³-hybridized carbons (Fsp3) is 0.333. The van der Waals surface area contributed by atoms with Crippen molar-refractivity contribution in [3.8, 4) is 11.5 Å². The van der Waals surface area contributed by atoms with Crippen LogP contribution < -0.4 is 15.0 Å². The topological polar surface area (TPSA) is 115 Å². The number of aryl methyl sites for hydroxylation is 2. The van der Waals surface area contributed by atoms with Crippen molar-refractivity contribution in [3.05, 3.63) is 99.0 Å². The molecule has 0 spiro atoms. The molecule has 0 bridgehead atoms. The summed E-state index contributed by atoms with van der Waals surface area (Å²) in [7, 11) is 0. The van der Waals surface area contributed by atoms with Crippen LogP contribution in [0.25, 0.3) is 10.9 Å². The molecule has 1 atom stereocenters. The second-order valence-corrected chi connectivity index (χ2v) is 10.7. The number of H-pyrrole nitrogens is 1. The van der Waals surface area contributed by atoms with Gasteiger partial charge in [0.25, 0.3) is 5.56 Å². The lowest BCUT2D eigenvalue weighted by molar-refractivity contribution is 0.0997. The minimum Gasteiger partial charge on any atom is -0.467 e. The lowest BCUT2D eigenvalue weighted by atomic mass is 9.99. The molecule has 0 aliphatic carbocycles. The van der Waals surface area contributed by atoms with Gasteiger partial charge in [-0.05, 0) is 71.3 Å². The summed E-state index contributed by atoms with van der Waals surface area (Å²) < 4.78 is 18.3. The van der Waals surface area contributed by atoms with Gasteiger partial charge in [0.05, 0.1) is 11.8 Å². The molecule has 1 fully saturated rings. The molecular formula is C30H31N7O4. The first-order valence-electron chi connectivity index (χ1n) is 13.8. The smallest absolute Gasteiger partial charge is 0.253 e. The van der Waals surface area contributed by atoms with Gasteiger partial charge in [-0.3, -0.25) is 14.6 Å². The summed E-state index contributed by atoms with van der Waals surface area (Å²) in [6, 6.07) is 15.6. The van der Waals surface area contributed by atoms with E-state index in [4.69, 9.17) is 13.9 Å². The molecule has 0 radical (unpaired) electrons. The van der Waals surface area contributed by atoms with E-state index in [1.807, 2.05) is 37.3 Å². The van der Waals surface area contributed by atoms with Crippen LogP contribution in [0, 0.1) is 13.8 Å². The summed E-state index contributed by atoms with van der Waals surface area (Å²) in [4.78, 5) is 21.6. The first-order valence-corrected chi connectivity index (χ1v) is 13.8. The van der Waals surface area contributed by atoms with E-state index >= 15 is 0 Å². The maximum atomic E-state index is 13.7. The third-order valence-corrected chi connectivity index (χ3v) is 8.07. The van der Waals surface area contributed by atoms with E-state index in [9.17, 15) is 4.79 Å². The largest absolute Gasteiger partial charge is 0.467 e. The molecule has 7 rings (SSSR count). The number of hydrogen-bond acceptors (Lipinski definition) is 9. The van der Waals surface area contributed by atoms with Gasteiger partial charge in [-0.25, -0.2) is 4.68 Å². The van der Waals surface area contributed by atoms with Crippen LogP contribution in [0.15, 0.2) is 64.0 Å². The normalized spacial score (nSPS) is 16.4. The predicted octanol–water partition coefficient (Wildman–Crippen LogP) is 3.41. The molecule has 0 amide bonds. The molecule has 1 N–H and O–H groups in total. The van der Waals surface area contributed by atoms with Gasteiger partial charge in [-0.15, -0.1) is 5.10 Å². The molecule has 2 aliphatic heterocycles. The third-order valence-electron chi connectivity index (χ3n) is 8.07. The van der Waals surface area contributed by atoms with Crippen molar-refractivity contribution in [2.75, 3.05) is 33.0 Å². The van der Waals surface area contributed by atoms with Crippen molar-refractivity contribution in [2.45, 2.75) is 33.0 Å². The number of ether oxygens (including phenoxy) is 2. The number of furan rings is 1. The number of aromatic amines is 1. The standard InChI is InChI=1S/C30H31N7O4/c1-19-5-6-20(2)27-23(19)15-24(30(38)31-27)28(29-32-33-34-37(29)17-22-4-3-13-39-22)36-11-9-35(10-12-36)16-21-7-8-25-26(14-21)41-18-40-25/h3-8,13-15,28H,9-12,16-18H2,1-2H3,(H,31,38). The van der Waals surface area contributed by atoms with Crippen molar-refractivity contribution in [1.29, 1.82) is 0 Å². The molecule has 11 heteroatoms. The monoisotopic (exact) mass is 553 g/mol. The lowest BCUT2D eigenvalue weighted by Crippen LogP contribution is -2.48. The van der Waals surface area contributed by atoms with E-state index in [1.165, 1.54) is 5.56 Å². The molecule has 2 aliphatic rings. The number of piperazine rings is 1. The second-order valence-electron chi connectivity index (χ2n) is 10.7. The van der Waals surface area contributed by atoms with Gasteiger partial charge in [0.15, 0.2) is 17.3 Å². The van der Waals surface area contributed by atoms with Gasteiger partial charge in [0.2, 0.25) is 6.79 Å². The highest BCUT2D eigenvalue weighted by Crippen LogP contribution is 2.33. The summed E-state index contributed by atoms with van der Waals surface area (Å²) in [5.74, 6) is 2.94. The van der Waals surface area contributed by atoms with E-state index in [2.05, 4.69) is 55.4 Å². The first-order chi connectivity index (χ1) is 20.0. The fourth-order valence-electron chi connectivity index (χ4n) is 5.84. The lowest BCUT2D eigenvalue weighted by Gasteiger charge is -2.38. The van der Waals surface area contributed by atoms with Gasteiger partial charge in [-0.2, -0.15) is 0 Å². The zero-order chi connectivity index (χ0) is 27.9. The molecular weight excluding hydrogens is 522 g/mol. The van der Waals surface area contributed by atoms with Crippen LogP contribution in [0.1, 0.15) is 39.9 Å². The van der Waals surface area contributed by atoms with E-state index in [1.54, 1.807) is 10.9 Å². The molecule has 5 heterocycles. The Morgan fingerprint density at radius 1 is 0.951 bits per heavy atom. The van der Waals surface area contributed by atoms with Crippen LogP contribution in [-0.2, 0) is 13.1 Å². The Labute approximate surface area is 236 Å². The molecule has 41 heavy (non-hydrogen) atoms. The van der Waals surface area contributed by atoms with Crippen LogP contribution in [-0.4, -0.2) is 68.0 Å². The number of fused-ring (bicyclic) bond motifs is 2. The number of rotatable bonds is 7. The van der Waals surface area contributed by atoms with Crippen LogP contribution >= 0.6 is 0 Å². The molecule has 11 nitrogen and oxygen atoms in total. The third kappa shape index (κ3) is 4.87. The minimum atomic E-state index is -0.430. The van der Waals surface area contributed by atoms with Crippen molar-refractivity contribution in [1.82, 2.24) is 35.0 Å². The number of nitrogens with one attached hydrogen (secondary N) is 1. The Kier molecular flexibility index (Phi) is 6.52. The number of tetrazole rings is 1. The summed E-state index contributed by atoms with van der Waals surface area (Å²) >= 11 is 0.